The molecule has 4 heterocycles. The Balaban J connectivity index is 0.942. The summed E-state index contributed by atoms with van der Waals surface area (Å²) in [6, 6.07) is 69.3. The third kappa shape index (κ3) is 5.49. The van der Waals surface area contributed by atoms with Gasteiger partial charge in [0.2, 0.25) is 0 Å². The first-order valence-electron chi connectivity index (χ1n) is 22.0. The summed E-state index contributed by atoms with van der Waals surface area (Å²) in [7, 11) is 0. The minimum absolute atomic E-state index is 0.300. The molecule has 300 valence electrons. The van der Waals surface area contributed by atoms with Crippen molar-refractivity contribution < 1.29 is 0 Å². The van der Waals surface area contributed by atoms with Crippen LogP contribution in [0.25, 0.3) is 77.5 Å². The Kier molecular flexibility index (Phi) is 7.77. The number of fused-ring (bicyclic) bond motifs is 8. The SMILES string of the molecule is CC1(C)c2cc(-n3c4ccccc4c4ccccc43)ccc2N(C2CC2c2ccc(-c3cncc(-c4ccccc4)n3)cc2)c2ccc(-n3c4ccccc4c4ccccc43)cc21. The molecule has 0 spiro atoms. The molecule has 0 bridgehead atoms. The van der Waals surface area contributed by atoms with Crippen LogP contribution in [0.4, 0.5) is 11.4 Å². The fraction of sp³-hybridized carbons (Fsp3) is 0.103. The van der Waals surface area contributed by atoms with Gasteiger partial charge in [-0.2, -0.15) is 0 Å². The van der Waals surface area contributed by atoms with Gasteiger partial charge in [-0.15, -0.1) is 0 Å². The Bertz CT molecular complexity index is 3320. The second-order valence-electron chi connectivity index (χ2n) is 17.8. The summed E-state index contributed by atoms with van der Waals surface area (Å²) in [5.74, 6) is 0.386. The number of benzene rings is 8. The van der Waals surface area contributed by atoms with Gasteiger partial charge in [-0.05, 0) is 83.8 Å². The van der Waals surface area contributed by atoms with Crippen LogP contribution in [0.5, 0.6) is 0 Å². The number of aromatic nitrogens is 4. The van der Waals surface area contributed by atoms with E-state index in [4.69, 9.17) is 4.98 Å². The molecule has 3 aromatic heterocycles. The summed E-state index contributed by atoms with van der Waals surface area (Å²) in [5.41, 5.74) is 17.5. The Labute approximate surface area is 366 Å². The number of hydrogen-bond acceptors (Lipinski definition) is 3. The van der Waals surface area contributed by atoms with Gasteiger partial charge in [-0.25, -0.2) is 4.98 Å². The molecule has 11 aromatic rings. The second-order valence-corrected chi connectivity index (χ2v) is 17.8. The lowest BCUT2D eigenvalue weighted by Gasteiger charge is -2.43. The van der Waals surface area contributed by atoms with Crippen LogP contribution in [0, 0.1) is 0 Å². The number of para-hydroxylation sites is 4. The zero-order chi connectivity index (χ0) is 41.8. The summed E-state index contributed by atoms with van der Waals surface area (Å²) in [6.45, 7) is 4.85. The van der Waals surface area contributed by atoms with Crippen LogP contribution >= 0.6 is 0 Å². The molecule has 1 aliphatic heterocycles. The molecule has 5 heteroatoms. The van der Waals surface area contributed by atoms with Crippen molar-refractivity contribution in [2.24, 2.45) is 0 Å². The Morgan fingerprint density at radius 1 is 0.460 bits per heavy atom. The van der Waals surface area contributed by atoms with Crippen LogP contribution in [0.2, 0.25) is 0 Å². The maximum absolute atomic E-state index is 5.00. The first kappa shape index (κ1) is 35.9. The fourth-order valence-corrected chi connectivity index (χ4v) is 10.8. The van der Waals surface area contributed by atoms with Gasteiger partial charge in [0, 0.05) is 72.8 Å². The molecule has 1 aliphatic carbocycles. The minimum atomic E-state index is -0.300. The summed E-state index contributed by atoms with van der Waals surface area (Å²) in [6.07, 6.45) is 4.78. The molecule has 2 unspecified atom stereocenters. The van der Waals surface area contributed by atoms with Crippen LogP contribution < -0.4 is 4.90 Å². The van der Waals surface area contributed by atoms with Gasteiger partial charge >= 0.3 is 0 Å². The van der Waals surface area contributed by atoms with E-state index in [1.807, 2.05) is 30.6 Å². The molecular formula is C58H43N5. The zero-order valence-electron chi connectivity index (χ0n) is 35.2. The Morgan fingerprint density at radius 2 is 0.889 bits per heavy atom. The van der Waals surface area contributed by atoms with Crippen molar-refractivity contribution in [3.63, 3.8) is 0 Å². The second kappa shape index (κ2) is 13.6. The molecule has 0 N–H and O–H groups in total. The van der Waals surface area contributed by atoms with E-state index in [9.17, 15) is 0 Å². The maximum atomic E-state index is 5.00. The number of anilines is 2. The molecular weight excluding hydrogens is 767 g/mol. The lowest BCUT2D eigenvalue weighted by Crippen LogP contribution is -2.35. The van der Waals surface area contributed by atoms with Crippen molar-refractivity contribution >= 4 is 55.0 Å². The highest BCUT2D eigenvalue weighted by molar-refractivity contribution is 6.10. The zero-order valence-corrected chi connectivity index (χ0v) is 35.2. The number of rotatable bonds is 6. The van der Waals surface area contributed by atoms with Gasteiger partial charge in [0.15, 0.2) is 0 Å². The largest absolute Gasteiger partial charge is 0.337 e. The third-order valence-corrected chi connectivity index (χ3v) is 13.9. The van der Waals surface area contributed by atoms with E-state index in [1.54, 1.807) is 0 Å². The molecule has 0 radical (unpaired) electrons. The highest BCUT2D eigenvalue weighted by atomic mass is 15.2. The van der Waals surface area contributed by atoms with Crippen molar-refractivity contribution in [1.82, 2.24) is 19.1 Å². The summed E-state index contributed by atoms with van der Waals surface area (Å²) in [5, 5.41) is 5.10. The van der Waals surface area contributed by atoms with Crippen LogP contribution in [-0.4, -0.2) is 25.1 Å². The number of hydrogen-bond donors (Lipinski definition) is 0. The van der Waals surface area contributed by atoms with Crippen LogP contribution in [-0.2, 0) is 5.41 Å². The molecule has 8 aromatic carbocycles. The first-order chi connectivity index (χ1) is 31.0. The summed E-state index contributed by atoms with van der Waals surface area (Å²) >= 11 is 0. The maximum Gasteiger partial charge on any atom is 0.0892 e. The van der Waals surface area contributed by atoms with E-state index in [-0.39, 0.29) is 5.41 Å². The monoisotopic (exact) mass is 809 g/mol. The summed E-state index contributed by atoms with van der Waals surface area (Å²) in [4.78, 5) is 12.2. The smallest absolute Gasteiger partial charge is 0.0892 e. The molecule has 13 rings (SSSR count). The topological polar surface area (TPSA) is 38.9 Å². The average Bonchev–Trinajstić information content (AvgIpc) is 3.95. The molecule has 1 saturated carbocycles. The molecule has 1 fully saturated rings. The van der Waals surface area contributed by atoms with Gasteiger partial charge < -0.3 is 14.0 Å². The third-order valence-electron chi connectivity index (χ3n) is 13.9. The van der Waals surface area contributed by atoms with E-state index in [2.05, 4.69) is 203 Å². The molecule has 0 saturated heterocycles. The van der Waals surface area contributed by atoms with Gasteiger partial charge in [-0.3, -0.25) is 4.98 Å². The molecule has 0 amide bonds. The van der Waals surface area contributed by atoms with Crippen molar-refractivity contribution in [3.8, 4) is 33.9 Å². The average molecular weight is 810 g/mol. The van der Waals surface area contributed by atoms with Crippen molar-refractivity contribution in [2.75, 3.05) is 4.90 Å². The highest BCUT2D eigenvalue weighted by Gasteiger charge is 2.48. The van der Waals surface area contributed by atoms with Crippen LogP contribution in [0.1, 0.15) is 42.9 Å². The number of nitrogens with zero attached hydrogens (tertiary/aromatic N) is 5. The quantitative estimate of drug-likeness (QED) is 0.168. The predicted octanol–water partition coefficient (Wildman–Crippen LogP) is 14.3. The van der Waals surface area contributed by atoms with E-state index < -0.39 is 0 Å². The highest BCUT2D eigenvalue weighted by Crippen LogP contribution is 2.57. The van der Waals surface area contributed by atoms with Crippen molar-refractivity contribution in [1.29, 1.82) is 0 Å². The lowest BCUT2D eigenvalue weighted by molar-refractivity contribution is 0.621. The van der Waals surface area contributed by atoms with Crippen molar-refractivity contribution in [3.05, 3.63) is 217 Å². The summed E-state index contributed by atoms with van der Waals surface area (Å²) < 4.78 is 4.91. The minimum Gasteiger partial charge on any atom is -0.337 e. The van der Waals surface area contributed by atoms with Gasteiger partial charge in [0.25, 0.3) is 0 Å². The Morgan fingerprint density at radius 3 is 1.37 bits per heavy atom. The normalized spacial score (nSPS) is 16.4. The van der Waals surface area contributed by atoms with E-state index in [1.165, 1.54) is 83.1 Å². The van der Waals surface area contributed by atoms with E-state index in [0.29, 0.717) is 12.0 Å². The lowest BCUT2D eigenvalue weighted by atomic mass is 9.73. The van der Waals surface area contributed by atoms with Crippen molar-refractivity contribution in [2.45, 2.75) is 37.6 Å². The van der Waals surface area contributed by atoms with Gasteiger partial charge in [0.1, 0.15) is 0 Å². The van der Waals surface area contributed by atoms with E-state index in [0.717, 1.165) is 28.9 Å². The van der Waals surface area contributed by atoms with E-state index >= 15 is 0 Å². The van der Waals surface area contributed by atoms with Crippen LogP contribution in [0.3, 0.4) is 0 Å². The van der Waals surface area contributed by atoms with Gasteiger partial charge in [-0.1, -0.05) is 141 Å². The molecule has 2 atom stereocenters. The molecule has 5 nitrogen and oxygen atoms in total. The van der Waals surface area contributed by atoms with Gasteiger partial charge in [0.05, 0.1) is 45.8 Å². The fourth-order valence-electron chi connectivity index (χ4n) is 10.8. The molecule has 2 aliphatic rings. The predicted molar refractivity (Wildman–Crippen MR) is 260 cm³/mol. The standard InChI is InChI=1S/C58H43N5/c1-58(2)47-32-40(61-51-20-10-6-16-42(51)43-17-7-11-21-52(43)61)28-30-55(47)63(56-31-29-41(33-48(56)58)62-53-22-12-8-18-44(53)45-19-9-13-23-54(45)62)57-34-46(57)37-24-26-39(27-25-37)50-36-59-35-49(60-50)38-14-4-3-5-15-38/h3-33,35-36,46,57H,34H2,1-2H3. The molecule has 63 heavy (non-hydrogen) atoms. The Hall–Kier alpha value is -7.76. The first-order valence-corrected chi connectivity index (χ1v) is 22.0. The van der Waals surface area contributed by atoms with Crippen LogP contribution in [0.15, 0.2) is 200 Å².